The SMILES string of the molecule is CCCC(O)C(O)CO.OCCO. The molecule has 0 bridgehead atoms. The Balaban J connectivity index is 0. The predicted molar refractivity (Wildman–Crippen MR) is 48.2 cm³/mol. The van der Waals surface area contributed by atoms with Gasteiger partial charge in [-0.1, -0.05) is 13.3 Å². The summed E-state index contributed by atoms with van der Waals surface area (Å²) in [6.45, 7) is 1.30. The van der Waals surface area contributed by atoms with E-state index in [9.17, 15) is 0 Å². The third-order valence-electron chi connectivity index (χ3n) is 1.32. The lowest BCUT2D eigenvalue weighted by Gasteiger charge is -2.13. The van der Waals surface area contributed by atoms with Gasteiger partial charge in [-0.3, -0.25) is 0 Å². The van der Waals surface area contributed by atoms with E-state index < -0.39 is 12.2 Å². The van der Waals surface area contributed by atoms with Gasteiger partial charge >= 0.3 is 0 Å². The van der Waals surface area contributed by atoms with Crippen LogP contribution in [0.2, 0.25) is 0 Å². The summed E-state index contributed by atoms with van der Waals surface area (Å²) >= 11 is 0. The van der Waals surface area contributed by atoms with Gasteiger partial charge < -0.3 is 25.5 Å². The zero-order chi connectivity index (χ0) is 10.7. The van der Waals surface area contributed by atoms with Crippen molar-refractivity contribution in [2.75, 3.05) is 19.8 Å². The van der Waals surface area contributed by atoms with Crippen LogP contribution >= 0.6 is 0 Å². The summed E-state index contributed by atoms with van der Waals surface area (Å²) < 4.78 is 0. The monoisotopic (exact) mass is 196 g/mol. The number of hydrogen-bond donors (Lipinski definition) is 5. The zero-order valence-corrected chi connectivity index (χ0v) is 7.93. The first-order valence-corrected chi connectivity index (χ1v) is 4.32. The molecule has 0 aromatic rings. The molecule has 0 heterocycles. The van der Waals surface area contributed by atoms with Gasteiger partial charge in [0.25, 0.3) is 0 Å². The number of hydrogen-bond acceptors (Lipinski definition) is 5. The van der Waals surface area contributed by atoms with Gasteiger partial charge in [0.05, 0.1) is 25.9 Å². The second kappa shape index (κ2) is 11.8. The molecule has 0 aromatic carbocycles. The maximum Gasteiger partial charge on any atom is 0.103 e. The molecule has 0 aromatic heterocycles. The molecule has 0 aliphatic heterocycles. The first-order valence-electron chi connectivity index (χ1n) is 4.32. The Morgan fingerprint density at radius 2 is 1.38 bits per heavy atom. The summed E-state index contributed by atoms with van der Waals surface area (Å²) in [5, 5.41) is 41.2. The summed E-state index contributed by atoms with van der Waals surface area (Å²) in [4.78, 5) is 0. The first-order chi connectivity index (χ1) is 6.13. The first kappa shape index (κ1) is 15.3. The molecule has 0 amide bonds. The van der Waals surface area contributed by atoms with Crippen molar-refractivity contribution >= 4 is 0 Å². The lowest BCUT2D eigenvalue weighted by Crippen LogP contribution is -2.28. The van der Waals surface area contributed by atoms with Crippen LogP contribution in [0.25, 0.3) is 0 Å². The Labute approximate surface area is 78.3 Å². The van der Waals surface area contributed by atoms with Crippen LogP contribution in [0.4, 0.5) is 0 Å². The van der Waals surface area contributed by atoms with E-state index in [2.05, 4.69) is 0 Å². The van der Waals surface area contributed by atoms with Gasteiger partial charge in [0.2, 0.25) is 0 Å². The molecule has 5 heteroatoms. The summed E-state index contributed by atoms with van der Waals surface area (Å²) in [5.74, 6) is 0. The van der Waals surface area contributed by atoms with Crippen molar-refractivity contribution in [3.05, 3.63) is 0 Å². The van der Waals surface area contributed by atoms with E-state index in [1.54, 1.807) is 0 Å². The van der Waals surface area contributed by atoms with Crippen molar-refractivity contribution in [2.45, 2.75) is 32.0 Å². The lowest BCUT2D eigenvalue weighted by atomic mass is 10.1. The maximum absolute atomic E-state index is 8.91. The average molecular weight is 196 g/mol. The van der Waals surface area contributed by atoms with Crippen molar-refractivity contribution in [3.8, 4) is 0 Å². The lowest BCUT2D eigenvalue weighted by molar-refractivity contribution is -0.0177. The van der Waals surface area contributed by atoms with E-state index in [0.717, 1.165) is 6.42 Å². The van der Waals surface area contributed by atoms with Crippen molar-refractivity contribution in [1.82, 2.24) is 0 Å². The molecule has 5 nitrogen and oxygen atoms in total. The standard InChI is InChI=1S/C6H14O3.C2H6O2/c1-2-3-5(8)6(9)4-7;3-1-2-4/h5-9H,2-4H2,1H3;3-4H,1-2H2. The van der Waals surface area contributed by atoms with Crippen LogP contribution in [-0.2, 0) is 0 Å². The highest BCUT2D eigenvalue weighted by molar-refractivity contribution is 4.63. The topological polar surface area (TPSA) is 101 Å². The van der Waals surface area contributed by atoms with Crippen LogP contribution in [-0.4, -0.2) is 57.6 Å². The van der Waals surface area contributed by atoms with Gasteiger partial charge in [-0.25, -0.2) is 0 Å². The number of aliphatic hydroxyl groups excluding tert-OH is 5. The molecular formula is C8H20O5. The molecular weight excluding hydrogens is 176 g/mol. The van der Waals surface area contributed by atoms with Crippen LogP contribution in [0.1, 0.15) is 19.8 Å². The van der Waals surface area contributed by atoms with Gasteiger partial charge in [-0.15, -0.1) is 0 Å². The highest BCUT2D eigenvalue weighted by Gasteiger charge is 2.12. The van der Waals surface area contributed by atoms with Gasteiger partial charge in [0.15, 0.2) is 0 Å². The molecule has 0 aliphatic rings. The van der Waals surface area contributed by atoms with Gasteiger partial charge in [0, 0.05) is 0 Å². The molecule has 0 saturated carbocycles. The second-order valence-corrected chi connectivity index (χ2v) is 2.55. The fourth-order valence-corrected chi connectivity index (χ4v) is 0.610. The highest BCUT2D eigenvalue weighted by Crippen LogP contribution is 2.00. The summed E-state index contributed by atoms with van der Waals surface area (Å²) in [7, 11) is 0. The molecule has 0 rings (SSSR count). The van der Waals surface area contributed by atoms with Crippen LogP contribution < -0.4 is 0 Å². The van der Waals surface area contributed by atoms with Gasteiger partial charge in [-0.05, 0) is 6.42 Å². The molecule has 0 aliphatic carbocycles. The minimum absolute atomic E-state index is 0.125. The van der Waals surface area contributed by atoms with Gasteiger partial charge in [0.1, 0.15) is 6.10 Å². The quantitative estimate of drug-likeness (QED) is 0.367. The average Bonchev–Trinajstić information content (AvgIpc) is 2.17. The Bertz CT molecular complexity index is 86.6. The van der Waals surface area contributed by atoms with Crippen LogP contribution in [0, 0.1) is 0 Å². The molecule has 5 N–H and O–H groups in total. The minimum Gasteiger partial charge on any atom is -0.394 e. The summed E-state index contributed by atoms with van der Waals surface area (Å²) in [5.41, 5.74) is 0. The molecule has 2 atom stereocenters. The van der Waals surface area contributed by atoms with Crippen molar-refractivity contribution in [3.63, 3.8) is 0 Å². The normalized spacial score (nSPS) is 14.3. The smallest absolute Gasteiger partial charge is 0.103 e. The fourth-order valence-electron chi connectivity index (χ4n) is 0.610. The molecule has 13 heavy (non-hydrogen) atoms. The molecule has 82 valence electrons. The van der Waals surface area contributed by atoms with Gasteiger partial charge in [-0.2, -0.15) is 0 Å². The number of aliphatic hydroxyl groups is 5. The van der Waals surface area contributed by atoms with Crippen LogP contribution in [0.5, 0.6) is 0 Å². The number of rotatable bonds is 5. The molecule has 0 saturated heterocycles. The van der Waals surface area contributed by atoms with Crippen molar-refractivity contribution in [1.29, 1.82) is 0 Å². The van der Waals surface area contributed by atoms with Crippen LogP contribution in [0.3, 0.4) is 0 Å². The van der Waals surface area contributed by atoms with Crippen molar-refractivity contribution in [2.24, 2.45) is 0 Å². The van der Waals surface area contributed by atoms with E-state index >= 15 is 0 Å². The minimum atomic E-state index is -0.968. The largest absolute Gasteiger partial charge is 0.394 e. The Kier molecular flexibility index (Phi) is 13.9. The summed E-state index contributed by atoms with van der Waals surface area (Å²) in [6, 6.07) is 0. The fraction of sp³-hybridized carbons (Fsp3) is 1.00. The maximum atomic E-state index is 8.91. The Morgan fingerprint density at radius 3 is 1.62 bits per heavy atom. The molecule has 0 spiro atoms. The van der Waals surface area contributed by atoms with E-state index in [-0.39, 0.29) is 19.8 Å². The zero-order valence-electron chi connectivity index (χ0n) is 7.93. The van der Waals surface area contributed by atoms with E-state index in [1.165, 1.54) is 0 Å². The molecule has 0 radical (unpaired) electrons. The Hall–Kier alpha value is -0.200. The summed E-state index contributed by atoms with van der Waals surface area (Å²) in [6.07, 6.45) is -0.370. The van der Waals surface area contributed by atoms with Crippen LogP contribution in [0.15, 0.2) is 0 Å². The predicted octanol–water partition coefficient (Wildman–Crippen LogP) is -1.53. The van der Waals surface area contributed by atoms with E-state index in [1.807, 2.05) is 6.92 Å². The van der Waals surface area contributed by atoms with E-state index in [0.29, 0.717) is 6.42 Å². The Morgan fingerprint density at radius 1 is 0.923 bits per heavy atom. The van der Waals surface area contributed by atoms with Crippen molar-refractivity contribution < 1.29 is 25.5 Å². The molecule has 0 fully saturated rings. The van der Waals surface area contributed by atoms with E-state index in [4.69, 9.17) is 25.5 Å². The highest BCUT2D eigenvalue weighted by atomic mass is 16.4. The second-order valence-electron chi connectivity index (χ2n) is 2.55. The third kappa shape index (κ3) is 11.8. The third-order valence-corrected chi connectivity index (χ3v) is 1.32. The molecule has 2 unspecified atom stereocenters.